The topological polar surface area (TPSA) is 78.5 Å². The fraction of sp³-hybridized carbons (Fsp3) is 0.346. The number of likely N-dealkylation sites (tertiary alicyclic amines) is 1. The first kappa shape index (κ1) is 20.5. The highest BCUT2D eigenvalue weighted by atomic mass is 16.2. The van der Waals surface area contributed by atoms with Crippen LogP contribution in [0.4, 0.5) is 10.5 Å². The van der Waals surface area contributed by atoms with Crippen LogP contribution < -0.4 is 10.6 Å². The number of anilines is 1. The van der Waals surface area contributed by atoms with Crippen LogP contribution in [-0.4, -0.2) is 28.9 Å². The van der Waals surface area contributed by atoms with Gasteiger partial charge in [-0.25, -0.2) is 4.79 Å². The van der Waals surface area contributed by atoms with Gasteiger partial charge in [-0.1, -0.05) is 60.7 Å². The zero-order chi connectivity index (χ0) is 22.2. The number of aryl methyl sites for hydroxylation is 1. The third-order valence-corrected chi connectivity index (χ3v) is 7.07. The van der Waals surface area contributed by atoms with E-state index in [1.54, 1.807) is 0 Å². The maximum Gasteiger partial charge on any atom is 0.320 e. The largest absolute Gasteiger partial charge is 0.320 e. The molecular formula is C26H27N3O3. The van der Waals surface area contributed by atoms with E-state index in [9.17, 15) is 14.4 Å². The molecule has 0 spiro atoms. The van der Waals surface area contributed by atoms with Crippen LogP contribution in [0.3, 0.4) is 0 Å². The fourth-order valence-corrected chi connectivity index (χ4v) is 5.47. The number of nitrogens with zero attached hydrogens (tertiary/aromatic N) is 1. The Kier molecular flexibility index (Phi) is 5.29. The molecule has 5 unspecified atom stereocenters. The second-order valence-electron chi connectivity index (χ2n) is 9.01. The van der Waals surface area contributed by atoms with Gasteiger partial charge in [-0.2, -0.15) is 0 Å². The molecule has 0 radical (unpaired) electrons. The fourth-order valence-electron chi connectivity index (χ4n) is 5.47. The number of rotatable bonds is 5. The first-order chi connectivity index (χ1) is 15.5. The third-order valence-electron chi connectivity index (χ3n) is 7.07. The lowest BCUT2D eigenvalue weighted by molar-refractivity contribution is -0.143. The third kappa shape index (κ3) is 3.60. The highest BCUT2D eigenvalue weighted by Crippen LogP contribution is 2.50. The summed E-state index contributed by atoms with van der Waals surface area (Å²) < 4.78 is 0. The molecule has 1 aliphatic heterocycles. The molecule has 3 aliphatic carbocycles. The van der Waals surface area contributed by atoms with Gasteiger partial charge in [0.25, 0.3) is 0 Å². The molecule has 2 fully saturated rings. The minimum absolute atomic E-state index is 0.115. The smallest absolute Gasteiger partial charge is 0.317 e. The van der Waals surface area contributed by atoms with Crippen molar-refractivity contribution in [3.8, 4) is 0 Å². The number of hydrogen-bond acceptors (Lipinski definition) is 3. The summed E-state index contributed by atoms with van der Waals surface area (Å²) in [6.45, 7) is 1.91. The molecule has 164 valence electrons. The molecule has 5 atom stereocenters. The van der Waals surface area contributed by atoms with E-state index in [1.807, 2.05) is 61.5 Å². The molecule has 6 nitrogen and oxygen atoms in total. The van der Waals surface area contributed by atoms with Crippen molar-refractivity contribution in [2.45, 2.75) is 32.4 Å². The Balaban J connectivity index is 1.41. The summed E-state index contributed by atoms with van der Waals surface area (Å²) in [7, 11) is 0. The summed E-state index contributed by atoms with van der Waals surface area (Å²) in [6.07, 6.45) is 5.72. The molecule has 1 saturated heterocycles. The van der Waals surface area contributed by atoms with Crippen molar-refractivity contribution >= 4 is 23.5 Å². The number of imide groups is 1. The average molecular weight is 430 g/mol. The molecule has 2 aromatic rings. The van der Waals surface area contributed by atoms with Crippen LogP contribution in [0.15, 0.2) is 66.7 Å². The van der Waals surface area contributed by atoms with Gasteiger partial charge in [0.15, 0.2) is 0 Å². The molecule has 4 aliphatic rings. The quantitative estimate of drug-likeness (QED) is 0.559. The second-order valence-corrected chi connectivity index (χ2v) is 9.01. The highest BCUT2D eigenvalue weighted by molar-refractivity contribution is 6.06. The van der Waals surface area contributed by atoms with E-state index in [4.69, 9.17) is 0 Å². The maximum absolute atomic E-state index is 13.5. The molecule has 32 heavy (non-hydrogen) atoms. The van der Waals surface area contributed by atoms with Gasteiger partial charge in [0, 0.05) is 12.1 Å². The molecule has 6 heteroatoms. The van der Waals surface area contributed by atoms with Crippen LogP contribution in [0, 0.1) is 30.6 Å². The monoisotopic (exact) mass is 429 g/mol. The van der Waals surface area contributed by atoms with Crippen molar-refractivity contribution in [2.75, 3.05) is 5.32 Å². The molecule has 2 bridgehead atoms. The van der Waals surface area contributed by atoms with Gasteiger partial charge in [-0.05, 0) is 48.8 Å². The average Bonchev–Trinajstić information content (AvgIpc) is 3.09. The Morgan fingerprint density at radius 1 is 0.938 bits per heavy atom. The van der Waals surface area contributed by atoms with E-state index < -0.39 is 12.2 Å². The Morgan fingerprint density at radius 3 is 2.12 bits per heavy atom. The van der Waals surface area contributed by atoms with Gasteiger partial charge in [-0.3, -0.25) is 14.5 Å². The zero-order valence-corrected chi connectivity index (χ0v) is 18.0. The lowest BCUT2D eigenvalue weighted by atomic mass is 9.63. The first-order valence-corrected chi connectivity index (χ1v) is 11.3. The molecule has 1 saturated carbocycles. The number of nitrogens with one attached hydrogen (secondary N) is 2. The number of urea groups is 1. The summed E-state index contributed by atoms with van der Waals surface area (Å²) in [4.78, 5) is 41.2. The summed E-state index contributed by atoms with van der Waals surface area (Å²) in [5.74, 6) is -0.682. The number of fused-ring (bicyclic) bond motifs is 1. The Labute approximate surface area is 187 Å². The van der Waals surface area contributed by atoms with Crippen molar-refractivity contribution in [1.29, 1.82) is 0 Å². The van der Waals surface area contributed by atoms with E-state index in [0.29, 0.717) is 12.1 Å². The zero-order valence-electron chi connectivity index (χ0n) is 18.0. The number of amides is 4. The lowest BCUT2D eigenvalue weighted by Gasteiger charge is -2.38. The summed E-state index contributed by atoms with van der Waals surface area (Å²) in [6, 6.07) is 16.7. The maximum atomic E-state index is 13.5. The molecule has 1 heterocycles. The first-order valence-electron chi connectivity index (χ1n) is 11.3. The van der Waals surface area contributed by atoms with Crippen LogP contribution in [0.5, 0.6) is 0 Å². The Morgan fingerprint density at radius 2 is 1.53 bits per heavy atom. The van der Waals surface area contributed by atoms with Crippen LogP contribution in [0.25, 0.3) is 0 Å². The number of para-hydroxylation sites is 1. The standard InChI is InChI=1S/C26H27N3O3/c1-16-7-5-6-10-20(16)27-26(32)28-21(15-17-8-3-2-4-9-17)29-24(30)22-18-11-12-19(14-13-18)23(22)25(29)31/h2-12,18-19,21-23H,13-15H2,1H3,(H2,27,28,32). The van der Waals surface area contributed by atoms with Crippen molar-refractivity contribution in [2.24, 2.45) is 23.7 Å². The highest BCUT2D eigenvalue weighted by Gasteiger charge is 2.58. The predicted octanol–water partition coefficient (Wildman–Crippen LogP) is 3.88. The van der Waals surface area contributed by atoms with Crippen LogP contribution in [0.2, 0.25) is 0 Å². The van der Waals surface area contributed by atoms with Gasteiger partial charge in [0.1, 0.15) is 6.17 Å². The van der Waals surface area contributed by atoms with Gasteiger partial charge in [-0.15, -0.1) is 0 Å². The number of carbonyl (C=O) groups is 3. The van der Waals surface area contributed by atoms with Crippen molar-refractivity contribution in [1.82, 2.24) is 10.2 Å². The second kappa shape index (κ2) is 8.26. The van der Waals surface area contributed by atoms with E-state index in [0.717, 1.165) is 24.0 Å². The van der Waals surface area contributed by atoms with E-state index in [1.165, 1.54) is 4.90 Å². The van der Waals surface area contributed by atoms with Crippen molar-refractivity contribution in [3.63, 3.8) is 0 Å². The van der Waals surface area contributed by atoms with E-state index >= 15 is 0 Å². The predicted molar refractivity (Wildman–Crippen MR) is 121 cm³/mol. The SMILES string of the molecule is Cc1ccccc1NC(=O)NC(Cc1ccccc1)N1C(=O)C2C3C=CC(CC3)C2C1=O. The van der Waals surface area contributed by atoms with Crippen molar-refractivity contribution < 1.29 is 14.4 Å². The van der Waals surface area contributed by atoms with Crippen LogP contribution in [0.1, 0.15) is 24.0 Å². The molecule has 6 rings (SSSR count). The number of benzene rings is 2. The number of carbonyl (C=O) groups excluding carboxylic acids is 3. The summed E-state index contributed by atoms with van der Waals surface area (Å²) in [5.41, 5.74) is 2.58. The van der Waals surface area contributed by atoms with Gasteiger partial charge >= 0.3 is 6.03 Å². The Bertz CT molecular complexity index is 1050. The molecule has 2 N–H and O–H groups in total. The molecule has 2 aromatic carbocycles. The number of hydrogen-bond donors (Lipinski definition) is 2. The van der Waals surface area contributed by atoms with Crippen LogP contribution in [-0.2, 0) is 16.0 Å². The molecule has 4 amide bonds. The van der Waals surface area contributed by atoms with Crippen LogP contribution >= 0.6 is 0 Å². The van der Waals surface area contributed by atoms with E-state index in [2.05, 4.69) is 22.8 Å². The van der Waals surface area contributed by atoms with Crippen molar-refractivity contribution in [3.05, 3.63) is 77.9 Å². The molecular weight excluding hydrogens is 402 g/mol. The van der Waals surface area contributed by atoms with E-state index in [-0.39, 0.29) is 35.5 Å². The van der Waals surface area contributed by atoms with Gasteiger partial charge < -0.3 is 10.6 Å². The minimum Gasteiger partial charge on any atom is -0.317 e. The number of allylic oxidation sites excluding steroid dienone is 2. The minimum atomic E-state index is -0.744. The lowest BCUT2D eigenvalue weighted by Crippen LogP contribution is -2.53. The summed E-state index contributed by atoms with van der Waals surface area (Å²) >= 11 is 0. The molecule has 0 aromatic heterocycles. The normalized spacial score (nSPS) is 26.7. The van der Waals surface area contributed by atoms with Gasteiger partial charge in [0.05, 0.1) is 11.8 Å². The van der Waals surface area contributed by atoms with Gasteiger partial charge in [0.2, 0.25) is 11.8 Å². The Hall–Kier alpha value is -3.41. The summed E-state index contributed by atoms with van der Waals surface area (Å²) in [5, 5.41) is 5.78.